The van der Waals surface area contributed by atoms with E-state index in [9.17, 15) is 8.42 Å². The summed E-state index contributed by atoms with van der Waals surface area (Å²) >= 11 is 5.87. The highest BCUT2D eigenvalue weighted by Crippen LogP contribution is 2.20. The molecule has 2 aromatic carbocycles. The third-order valence-corrected chi connectivity index (χ3v) is 4.99. The number of aromatic nitrogens is 1. The molecule has 1 aromatic heterocycles. The maximum atomic E-state index is 12.4. The highest BCUT2D eigenvalue weighted by atomic mass is 35.5. The summed E-state index contributed by atoms with van der Waals surface area (Å²) in [5.74, 6) is 0. The molecule has 3 aromatic rings. The number of benzene rings is 2. The minimum Gasteiger partial charge on any atom is -0.280 e. The summed E-state index contributed by atoms with van der Waals surface area (Å²) in [6.07, 6.45) is 5.46. The summed E-state index contributed by atoms with van der Waals surface area (Å²) in [5.41, 5.74) is 2.16. The van der Waals surface area contributed by atoms with Crippen molar-refractivity contribution >= 4 is 39.5 Å². The predicted octanol–water partition coefficient (Wildman–Crippen LogP) is 4.71. The maximum absolute atomic E-state index is 12.4. The van der Waals surface area contributed by atoms with Gasteiger partial charge in [-0.25, -0.2) is 8.42 Å². The van der Waals surface area contributed by atoms with E-state index in [0.29, 0.717) is 10.7 Å². The monoisotopic (exact) mass is 370 g/mol. The molecule has 1 heterocycles. The van der Waals surface area contributed by atoms with Crippen molar-refractivity contribution in [3.8, 4) is 0 Å². The molecule has 6 heteroatoms. The topological polar surface area (TPSA) is 59.1 Å². The normalized spacial score (nSPS) is 11.6. The van der Waals surface area contributed by atoms with E-state index in [0.717, 1.165) is 11.3 Å². The summed E-state index contributed by atoms with van der Waals surface area (Å²) in [6.45, 7) is 0. The zero-order valence-corrected chi connectivity index (χ0v) is 14.7. The molecule has 0 amide bonds. The lowest BCUT2D eigenvalue weighted by Gasteiger charge is -2.09. The Hall–Kier alpha value is -2.63. The fourth-order valence-electron chi connectivity index (χ4n) is 2.21. The Bertz CT molecular complexity index is 1000. The Balaban J connectivity index is 1.81. The number of pyridine rings is 1. The second-order valence-corrected chi connectivity index (χ2v) is 7.40. The van der Waals surface area contributed by atoms with Crippen molar-refractivity contribution in [2.45, 2.75) is 4.90 Å². The molecule has 0 fully saturated rings. The predicted molar refractivity (Wildman–Crippen MR) is 102 cm³/mol. The van der Waals surface area contributed by atoms with Gasteiger partial charge in [-0.3, -0.25) is 9.71 Å². The van der Waals surface area contributed by atoms with Gasteiger partial charge in [-0.1, -0.05) is 41.9 Å². The first-order chi connectivity index (χ1) is 12.0. The fraction of sp³-hybridized carbons (Fsp3) is 0. The van der Waals surface area contributed by atoms with Crippen LogP contribution in [0.2, 0.25) is 5.02 Å². The first kappa shape index (κ1) is 17.2. The Morgan fingerprint density at radius 3 is 2.52 bits per heavy atom. The van der Waals surface area contributed by atoms with E-state index in [4.69, 9.17) is 11.6 Å². The van der Waals surface area contributed by atoms with Crippen molar-refractivity contribution in [2.75, 3.05) is 4.72 Å². The van der Waals surface area contributed by atoms with Gasteiger partial charge in [0.2, 0.25) is 0 Å². The van der Waals surface area contributed by atoms with Crippen molar-refractivity contribution in [3.05, 3.63) is 89.2 Å². The average Bonchev–Trinajstić information content (AvgIpc) is 2.61. The highest BCUT2D eigenvalue weighted by molar-refractivity contribution is 7.92. The van der Waals surface area contributed by atoms with Crippen LogP contribution in [0, 0.1) is 0 Å². The maximum Gasteiger partial charge on any atom is 0.261 e. The Morgan fingerprint density at radius 2 is 1.76 bits per heavy atom. The molecule has 1 N–H and O–H groups in total. The summed E-state index contributed by atoms with van der Waals surface area (Å²) in [5, 5.41) is 0.370. The number of nitrogens with zero attached hydrogens (tertiary/aromatic N) is 1. The summed E-state index contributed by atoms with van der Waals surface area (Å²) in [6, 6.07) is 18.9. The molecule has 0 saturated carbocycles. The van der Waals surface area contributed by atoms with Crippen LogP contribution < -0.4 is 4.72 Å². The Labute approximate surface area is 151 Å². The van der Waals surface area contributed by atoms with Gasteiger partial charge in [0.05, 0.1) is 10.6 Å². The van der Waals surface area contributed by atoms with E-state index >= 15 is 0 Å². The van der Waals surface area contributed by atoms with Crippen LogP contribution in [0.15, 0.2) is 77.8 Å². The molecule has 0 spiro atoms. The number of anilines is 1. The lowest BCUT2D eigenvalue weighted by Crippen LogP contribution is -2.12. The molecule has 0 radical (unpaired) electrons. The van der Waals surface area contributed by atoms with Gasteiger partial charge >= 0.3 is 0 Å². The first-order valence-corrected chi connectivity index (χ1v) is 9.37. The second-order valence-electron chi connectivity index (χ2n) is 5.28. The number of rotatable bonds is 5. The molecular formula is C19H15ClN2O2S. The van der Waals surface area contributed by atoms with Gasteiger partial charge in [0.1, 0.15) is 0 Å². The standard InChI is InChI=1S/C19H15ClN2O2S/c20-16-6-4-9-19(14-16)25(23,24)22-18-8-3-5-15(13-18)10-11-17-7-1-2-12-21-17/h1-14,22H/b11-10+. The van der Waals surface area contributed by atoms with Gasteiger partial charge in [0.25, 0.3) is 10.0 Å². The summed E-state index contributed by atoms with van der Waals surface area (Å²) < 4.78 is 27.5. The minimum atomic E-state index is -3.69. The zero-order valence-electron chi connectivity index (χ0n) is 13.1. The Morgan fingerprint density at radius 1 is 0.920 bits per heavy atom. The Kier molecular flexibility index (Phi) is 5.16. The van der Waals surface area contributed by atoms with Gasteiger partial charge in [-0.15, -0.1) is 0 Å². The van der Waals surface area contributed by atoms with Gasteiger partial charge < -0.3 is 0 Å². The number of hydrogen-bond donors (Lipinski definition) is 1. The van der Waals surface area contributed by atoms with Crippen LogP contribution in [0.25, 0.3) is 12.2 Å². The van der Waals surface area contributed by atoms with E-state index in [1.165, 1.54) is 12.1 Å². The molecule has 4 nitrogen and oxygen atoms in total. The van der Waals surface area contributed by atoms with Crippen molar-refractivity contribution < 1.29 is 8.42 Å². The van der Waals surface area contributed by atoms with Gasteiger partial charge in [-0.2, -0.15) is 0 Å². The van der Waals surface area contributed by atoms with Gasteiger partial charge in [0, 0.05) is 16.9 Å². The molecule has 126 valence electrons. The quantitative estimate of drug-likeness (QED) is 0.707. The molecule has 0 bridgehead atoms. The van der Waals surface area contributed by atoms with Crippen LogP contribution in [0.5, 0.6) is 0 Å². The third kappa shape index (κ3) is 4.68. The molecule has 3 rings (SSSR count). The molecule has 0 unspecified atom stereocenters. The summed E-state index contributed by atoms with van der Waals surface area (Å²) in [7, 11) is -3.69. The third-order valence-electron chi connectivity index (χ3n) is 3.38. The minimum absolute atomic E-state index is 0.120. The molecule has 0 aliphatic carbocycles. The van der Waals surface area contributed by atoms with Crippen molar-refractivity contribution in [2.24, 2.45) is 0 Å². The van der Waals surface area contributed by atoms with Crippen LogP contribution in [0.1, 0.15) is 11.3 Å². The molecule has 0 saturated heterocycles. The molecule has 25 heavy (non-hydrogen) atoms. The highest BCUT2D eigenvalue weighted by Gasteiger charge is 2.14. The van der Waals surface area contributed by atoms with E-state index in [-0.39, 0.29) is 4.90 Å². The van der Waals surface area contributed by atoms with E-state index in [1.807, 2.05) is 36.4 Å². The van der Waals surface area contributed by atoms with Crippen LogP contribution in [0.4, 0.5) is 5.69 Å². The second kappa shape index (κ2) is 7.51. The van der Waals surface area contributed by atoms with Crippen LogP contribution >= 0.6 is 11.6 Å². The molecule has 0 atom stereocenters. The first-order valence-electron chi connectivity index (χ1n) is 7.50. The van der Waals surface area contributed by atoms with Gasteiger partial charge in [-0.05, 0) is 54.1 Å². The largest absolute Gasteiger partial charge is 0.280 e. The lowest BCUT2D eigenvalue weighted by atomic mass is 10.2. The SMILES string of the molecule is O=S(=O)(Nc1cccc(/C=C/c2ccccn2)c1)c1cccc(Cl)c1. The van der Waals surface area contributed by atoms with Gasteiger partial charge in [0.15, 0.2) is 0 Å². The average molecular weight is 371 g/mol. The lowest BCUT2D eigenvalue weighted by molar-refractivity contribution is 0.601. The molecular weight excluding hydrogens is 356 g/mol. The van der Waals surface area contributed by atoms with Crippen molar-refractivity contribution in [1.82, 2.24) is 4.98 Å². The van der Waals surface area contributed by atoms with Crippen LogP contribution in [0.3, 0.4) is 0 Å². The van der Waals surface area contributed by atoms with Crippen molar-refractivity contribution in [1.29, 1.82) is 0 Å². The van der Waals surface area contributed by atoms with E-state index in [2.05, 4.69) is 9.71 Å². The number of nitrogens with one attached hydrogen (secondary N) is 1. The van der Waals surface area contributed by atoms with Crippen molar-refractivity contribution in [3.63, 3.8) is 0 Å². The molecule has 0 aliphatic heterocycles. The number of sulfonamides is 1. The molecule has 0 aliphatic rings. The zero-order chi connectivity index (χ0) is 17.7. The van der Waals surface area contributed by atoms with E-state index < -0.39 is 10.0 Å². The van der Waals surface area contributed by atoms with Crippen LogP contribution in [-0.2, 0) is 10.0 Å². The summed E-state index contributed by atoms with van der Waals surface area (Å²) in [4.78, 5) is 4.33. The number of hydrogen-bond acceptors (Lipinski definition) is 3. The smallest absolute Gasteiger partial charge is 0.261 e. The number of halogens is 1. The van der Waals surface area contributed by atoms with E-state index in [1.54, 1.807) is 36.5 Å². The fourth-order valence-corrected chi connectivity index (χ4v) is 3.56. The van der Waals surface area contributed by atoms with Crippen LogP contribution in [-0.4, -0.2) is 13.4 Å².